The van der Waals surface area contributed by atoms with Crippen LogP contribution in [0.15, 0.2) is 30.7 Å². The van der Waals surface area contributed by atoms with E-state index in [9.17, 15) is 9.18 Å². The second kappa shape index (κ2) is 5.88. The summed E-state index contributed by atoms with van der Waals surface area (Å²) in [7, 11) is 0. The molecule has 3 heterocycles. The number of amides is 1. The number of nitrogens with one attached hydrogen (secondary N) is 2. The summed E-state index contributed by atoms with van der Waals surface area (Å²) in [5.41, 5.74) is 2.05. The highest BCUT2D eigenvalue weighted by Gasteiger charge is 2.24. The first-order chi connectivity index (χ1) is 11.7. The van der Waals surface area contributed by atoms with Gasteiger partial charge in [0.05, 0.1) is 6.54 Å². The summed E-state index contributed by atoms with van der Waals surface area (Å²) in [4.78, 5) is 22.7. The molecule has 1 aliphatic rings. The minimum atomic E-state index is -0.375. The molecule has 0 spiro atoms. The predicted octanol–water partition coefficient (Wildman–Crippen LogP) is 2.32. The number of hydrogen-bond acceptors (Lipinski definition) is 5. The molecule has 0 radical (unpaired) electrons. The third kappa shape index (κ3) is 2.78. The van der Waals surface area contributed by atoms with Crippen molar-refractivity contribution in [2.75, 3.05) is 10.6 Å². The number of pyridine rings is 1. The van der Waals surface area contributed by atoms with Crippen molar-refractivity contribution >= 4 is 23.7 Å². The maximum absolute atomic E-state index is 14.6. The molecule has 0 aromatic carbocycles. The number of hydrogen-bond donors (Lipinski definition) is 2. The molecule has 122 valence electrons. The Morgan fingerprint density at radius 1 is 1.29 bits per heavy atom. The molecule has 0 unspecified atom stereocenters. The Morgan fingerprint density at radius 3 is 2.92 bits per heavy atom. The van der Waals surface area contributed by atoms with Gasteiger partial charge in [0.1, 0.15) is 29.3 Å². The Morgan fingerprint density at radius 2 is 2.12 bits per heavy atom. The molecule has 7 nitrogen and oxygen atoms in total. The third-order valence-electron chi connectivity index (χ3n) is 4.01. The van der Waals surface area contributed by atoms with Gasteiger partial charge in [0.2, 0.25) is 12.4 Å². The molecule has 1 amide bonds. The molecule has 0 atom stereocenters. The molecular weight excluding hydrogens is 311 g/mol. The summed E-state index contributed by atoms with van der Waals surface area (Å²) < 4.78 is 16.1. The van der Waals surface area contributed by atoms with Gasteiger partial charge >= 0.3 is 0 Å². The topological polar surface area (TPSA) is 84.2 Å². The number of halogens is 1. The number of rotatable bonds is 6. The first-order valence-electron chi connectivity index (χ1n) is 7.67. The predicted molar refractivity (Wildman–Crippen MR) is 86.2 cm³/mol. The highest BCUT2D eigenvalue weighted by atomic mass is 19.1. The van der Waals surface area contributed by atoms with Gasteiger partial charge in [0, 0.05) is 12.3 Å². The first-order valence-corrected chi connectivity index (χ1v) is 7.67. The van der Waals surface area contributed by atoms with Gasteiger partial charge < -0.3 is 10.6 Å². The van der Waals surface area contributed by atoms with Crippen LogP contribution in [-0.2, 0) is 11.3 Å². The number of carbonyl (C=O) groups is 1. The van der Waals surface area contributed by atoms with Crippen molar-refractivity contribution in [3.8, 4) is 0 Å². The fourth-order valence-corrected chi connectivity index (χ4v) is 2.62. The molecule has 3 aromatic rings. The highest BCUT2D eigenvalue weighted by Crippen LogP contribution is 2.40. The van der Waals surface area contributed by atoms with Crippen molar-refractivity contribution in [1.29, 1.82) is 0 Å². The lowest BCUT2D eigenvalue weighted by Gasteiger charge is -2.04. The molecule has 1 aliphatic carbocycles. The maximum Gasteiger partial charge on any atom is 0.223 e. The number of imidazole rings is 1. The average molecular weight is 326 g/mol. The molecule has 0 saturated heterocycles. The van der Waals surface area contributed by atoms with E-state index in [4.69, 9.17) is 0 Å². The SMILES string of the molecule is O=CNc1cc(NCc2nc3ccc(C4CC4)cn3c2F)ncn1. The van der Waals surface area contributed by atoms with Gasteiger partial charge in [-0.2, -0.15) is 4.39 Å². The largest absolute Gasteiger partial charge is 0.364 e. The standard InChI is InChI=1S/C16H15FN6O/c17-16-12(6-18-13-5-14(21-9-24)20-8-19-13)22-15-4-3-11(7-23(15)16)10-1-2-10/h3-5,7-10H,1-2,6H2,(H2,18,19,20,21,24). The Balaban J connectivity index is 1.55. The Bertz CT molecular complexity index is 905. The molecule has 4 rings (SSSR count). The van der Waals surface area contributed by atoms with Crippen LogP contribution in [0.25, 0.3) is 5.65 Å². The van der Waals surface area contributed by atoms with E-state index in [1.54, 1.807) is 6.07 Å². The third-order valence-corrected chi connectivity index (χ3v) is 4.01. The fraction of sp³-hybridized carbons (Fsp3) is 0.250. The van der Waals surface area contributed by atoms with Crippen LogP contribution in [0.5, 0.6) is 0 Å². The zero-order chi connectivity index (χ0) is 16.5. The van der Waals surface area contributed by atoms with Crippen LogP contribution in [0.4, 0.5) is 16.0 Å². The van der Waals surface area contributed by atoms with Crippen molar-refractivity contribution in [1.82, 2.24) is 19.4 Å². The molecule has 3 aromatic heterocycles. The number of carbonyl (C=O) groups excluding carboxylic acids is 1. The molecule has 0 aliphatic heterocycles. The number of fused-ring (bicyclic) bond motifs is 1. The Kier molecular flexibility index (Phi) is 3.56. The average Bonchev–Trinajstić information content (AvgIpc) is 3.39. The van der Waals surface area contributed by atoms with Crippen molar-refractivity contribution in [3.63, 3.8) is 0 Å². The normalized spacial score (nSPS) is 13.9. The van der Waals surface area contributed by atoms with Gasteiger partial charge in [-0.15, -0.1) is 0 Å². The summed E-state index contributed by atoms with van der Waals surface area (Å²) >= 11 is 0. The van der Waals surface area contributed by atoms with E-state index in [-0.39, 0.29) is 12.5 Å². The van der Waals surface area contributed by atoms with Gasteiger partial charge in [0.25, 0.3) is 0 Å². The van der Waals surface area contributed by atoms with E-state index < -0.39 is 0 Å². The number of nitrogens with zero attached hydrogens (tertiary/aromatic N) is 4. The highest BCUT2D eigenvalue weighted by molar-refractivity contribution is 5.69. The second-order valence-electron chi connectivity index (χ2n) is 5.72. The van der Waals surface area contributed by atoms with Crippen LogP contribution in [0.2, 0.25) is 0 Å². The lowest BCUT2D eigenvalue weighted by molar-refractivity contribution is -0.105. The van der Waals surface area contributed by atoms with Crippen LogP contribution in [-0.4, -0.2) is 25.8 Å². The second-order valence-corrected chi connectivity index (χ2v) is 5.72. The number of anilines is 2. The van der Waals surface area contributed by atoms with Gasteiger partial charge in [-0.05, 0) is 30.4 Å². The zero-order valence-electron chi connectivity index (χ0n) is 12.7. The first kappa shape index (κ1) is 14.6. The van der Waals surface area contributed by atoms with Crippen molar-refractivity contribution in [3.05, 3.63) is 47.9 Å². The van der Waals surface area contributed by atoms with Crippen molar-refractivity contribution < 1.29 is 9.18 Å². The quantitative estimate of drug-likeness (QED) is 0.679. The maximum atomic E-state index is 14.6. The van der Waals surface area contributed by atoms with E-state index in [0.29, 0.717) is 35.3 Å². The fourth-order valence-electron chi connectivity index (χ4n) is 2.62. The smallest absolute Gasteiger partial charge is 0.223 e. The van der Waals surface area contributed by atoms with Crippen LogP contribution in [0, 0.1) is 5.95 Å². The van der Waals surface area contributed by atoms with Gasteiger partial charge in [-0.1, -0.05) is 6.07 Å². The number of aromatic nitrogens is 4. The van der Waals surface area contributed by atoms with E-state index in [1.807, 2.05) is 18.3 Å². The van der Waals surface area contributed by atoms with Crippen LogP contribution in [0.1, 0.15) is 30.0 Å². The summed E-state index contributed by atoms with van der Waals surface area (Å²) in [6, 6.07) is 5.42. The minimum absolute atomic E-state index is 0.184. The molecule has 0 bridgehead atoms. The van der Waals surface area contributed by atoms with Crippen LogP contribution >= 0.6 is 0 Å². The summed E-state index contributed by atoms with van der Waals surface area (Å²) in [5, 5.41) is 5.42. The Labute approximate surface area is 137 Å². The summed E-state index contributed by atoms with van der Waals surface area (Å²) in [5.74, 6) is 1.03. The van der Waals surface area contributed by atoms with Gasteiger partial charge in [-0.25, -0.2) is 15.0 Å². The molecular formula is C16H15FN6O. The zero-order valence-corrected chi connectivity index (χ0v) is 12.7. The van der Waals surface area contributed by atoms with Crippen LogP contribution < -0.4 is 10.6 Å². The van der Waals surface area contributed by atoms with E-state index >= 15 is 0 Å². The van der Waals surface area contributed by atoms with E-state index in [1.165, 1.54) is 23.6 Å². The minimum Gasteiger partial charge on any atom is -0.364 e. The van der Waals surface area contributed by atoms with E-state index in [0.717, 1.165) is 5.56 Å². The van der Waals surface area contributed by atoms with Crippen molar-refractivity contribution in [2.24, 2.45) is 0 Å². The molecule has 8 heteroatoms. The van der Waals surface area contributed by atoms with Gasteiger partial charge in [0.15, 0.2) is 0 Å². The lowest BCUT2D eigenvalue weighted by atomic mass is 10.2. The summed E-state index contributed by atoms with van der Waals surface area (Å²) in [6.45, 7) is 0.184. The van der Waals surface area contributed by atoms with E-state index in [2.05, 4.69) is 25.6 Å². The van der Waals surface area contributed by atoms with Crippen LogP contribution in [0.3, 0.4) is 0 Å². The monoisotopic (exact) mass is 326 g/mol. The summed E-state index contributed by atoms with van der Waals surface area (Å²) in [6.07, 6.45) is 6.01. The van der Waals surface area contributed by atoms with Crippen molar-refractivity contribution in [2.45, 2.75) is 25.3 Å². The molecule has 24 heavy (non-hydrogen) atoms. The molecule has 1 fully saturated rings. The van der Waals surface area contributed by atoms with Gasteiger partial charge in [-0.3, -0.25) is 9.20 Å². The lowest BCUT2D eigenvalue weighted by Crippen LogP contribution is -2.05. The molecule has 2 N–H and O–H groups in total. The molecule has 1 saturated carbocycles. The Hall–Kier alpha value is -3.03.